The van der Waals surface area contributed by atoms with Crippen molar-refractivity contribution in [3.05, 3.63) is 29.8 Å². The number of hydrogen-bond donors (Lipinski definition) is 1. The predicted octanol–water partition coefficient (Wildman–Crippen LogP) is 2.70. The molecule has 3 heteroatoms. The van der Waals surface area contributed by atoms with Crippen molar-refractivity contribution in [1.82, 2.24) is 4.90 Å². The van der Waals surface area contributed by atoms with E-state index in [0.29, 0.717) is 18.9 Å². The summed E-state index contributed by atoms with van der Waals surface area (Å²) in [7, 11) is 3.56. The van der Waals surface area contributed by atoms with Gasteiger partial charge in [0.25, 0.3) is 0 Å². The second-order valence-electron chi connectivity index (χ2n) is 4.71. The van der Waals surface area contributed by atoms with E-state index in [9.17, 15) is 4.79 Å². The molecule has 0 saturated heterocycles. The smallest absolute Gasteiger partial charge is 0.223 e. The molecule has 94 valence electrons. The van der Waals surface area contributed by atoms with Crippen LogP contribution in [0.15, 0.2) is 24.3 Å². The van der Waals surface area contributed by atoms with Gasteiger partial charge in [0.05, 0.1) is 0 Å². The number of carbonyl (C=O) groups is 1. The van der Waals surface area contributed by atoms with E-state index >= 15 is 0 Å². The number of hydrogen-bond acceptors (Lipinski definition) is 2. The topological polar surface area (TPSA) is 32.3 Å². The quantitative estimate of drug-likeness (QED) is 0.849. The van der Waals surface area contributed by atoms with E-state index < -0.39 is 0 Å². The molecule has 0 fully saturated rings. The average molecular weight is 234 g/mol. The highest BCUT2D eigenvalue weighted by Gasteiger charge is 2.06. The largest absolute Gasteiger partial charge is 0.384 e. The summed E-state index contributed by atoms with van der Waals surface area (Å²) in [5.41, 5.74) is 2.43. The number of anilines is 1. The molecular weight excluding hydrogens is 212 g/mol. The van der Waals surface area contributed by atoms with E-state index in [0.717, 1.165) is 5.69 Å². The Morgan fingerprint density at radius 2 is 1.94 bits per heavy atom. The lowest BCUT2D eigenvalue weighted by Gasteiger charge is -2.15. The van der Waals surface area contributed by atoms with E-state index in [1.54, 1.807) is 19.0 Å². The number of carbonyl (C=O) groups excluding carboxylic acids is 1. The molecule has 0 aliphatic carbocycles. The molecule has 1 N–H and O–H groups in total. The Hall–Kier alpha value is -1.51. The zero-order valence-corrected chi connectivity index (χ0v) is 11.2. The van der Waals surface area contributed by atoms with Crippen LogP contribution in [0.25, 0.3) is 0 Å². The van der Waals surface area contributed by atoms with E-state index in [2.05, 4.69) is 31.3 Å². The van der Waals surface area contributed by atoms with Gasteiger partial charge in [0, 0.05) is 32.7 Å². The molecule has 1 aromatic carbocycles. The van der Waals surface area contributed by atoms with Crippen LogP contribution in [-0.2, 0) is 4.79 Å². The van der Waals surface area contributed by atoms with Crippen LogP contribution in [0.3, 0.4) is 0 Å². The standard InChI is InChI=1S/C14H22N2O/c1-11(2)12-7-5-6-8-13(12)15-10-9-14(17)16(3)4/h5-8,11,15H,9-10H2,1-4H3. The van der Waals surface area contributed by atoms with Crippen LogP contribution in [0, 0.1) is 0 Å². The summed E-state index contributed by atoms with van der Waals surface area (Å²) in [5, 5.41) is 3.33. The highest BCUT2D eigenvalue weighted by molar-refractivity contribution is 5.76. The Bertz CT molecular complexity index is 372. The number of rotatable bonds is 5. The van der Waals surface area contributed by atoms with Crippen molar-refractivity contribution in [1.29, 1.82) is 0 Å². The summed E-state index contributed by atoms with van der Waals surface area (Å²) < 4.78 is 0. The van der Waals surface area contributed by atoms with Crippen molar-refractivity contribution in [2.24, 2.45) is 0 Å². The highest BCUT2D eigenvalue weighted by Crippen LogP contribution is 2.23. The maximum absolute atomic E-state index is 11.4. The van der Waals surface area contributed by atoms with Crippen molar-refractivity contribution in [3.63, 3.8) is 0 Å². The van der Waals surface area contributed by atoms with Gasteiger partial charge in [-0.25, -0.2) is 0 Å². The molecule has 0 heterocycles. The van der Waals surface area contributed by atoms with Gasteiger partial charge < -0.3 is 10.2 Å². The SMILES string of the molecule is CC(C)c1ccccc1NCCC(=O)N(C)C. The van der Waals surface area contributed by atoms with E-state index in [-0.39, 0.29) is 5.91 Å². The molecule has 0 bridgehead atoms. The molecule has 17 heavy (non-hydrogen) atoms. The van der Waals surface area contributed by atoms with Crippen LogP contribution in [0.4, 0.5) is 5.69 Å². The molecule has 0 aromatic heterocycles. The Balaban J connectivity index is 2.55. The number of nitrogens with zero attached hydrogens (tertiary/aromatic N) is 1. The first kappa shape index (κ1) is 13.6. The Morgan fingerprint density at radius 3 is 2.53 bits per heavy atom. The van der Waals surface area contributed by atoms with Gasteiger partial charge in [-0.1, -0.05) is 32.0 Å². The molecular formula is C14H22N2O. The van der Waals surface area contributed by atoms with Gasteiger partial charge in [-0.3, -0.25) is 4.79 Å². The number of amides is 1. The molecule has 0 saturated carbocycles. The summed E-state index contributed by atoms with van der Waals surface area (Å²) in [5.74, 6) is 0.641. The first-order valence-electron chi connectivity index (χ1n) is 6.05. The fraction of sp³-hybridized carbons (Fsp3) is 0.500. The van der Waals surface area contributed by atoms with Crippen molar-refractivity contribution >= 4 is 11.6 Å². The maximum Gasteiger partial charge on any atom is 0.223 e. The summed E-state index contributed by atoms with van der Waals surface area (Å²) in [6.07, 6.45) is 0.527. The normalized spacial score (nSPS) is 10.4. The monoisotopic (exact) mass is 234 g/mol. The summed E-state index contributed by atoms with van der Waals surface area (Å²) in [6.45, 7) is 5.03. The molecule has 0 atom stereocenters. The van der Waals surface area contributed by atoms with Crippen LogP contribution in [-0.4, -0.2) is 31.4 Å². The third kappa shape index (κ3) is 4.10. The van der Waals surface area contributed by atoms with E-state index in [4.69, 9.17) is 0 Å². The van der Waals surface area contributed by atoms with Crippen LogP contribution in [0.2, 0.25) is 0 Å². The van der Waals surface area contributed by atoms with E-state index in [1.165, 1.54) is 5.56 Å². The lowest BCUT2D eigenvalue weighted by molar-refractivity contribution is -0.128. The van der Waals surface area contributed by atoms with E-state index in [1.807, 2.05) is 12.1 Å². The fourth-order valence-electron chi connectivity index (χ4n) is 1.69. The molecule has 3 nitrogen and oxygen atoms in total. The van der Waals surface area contributed by atoms with Crippen molar-refractivity contribution in [2.75, 3.05) is 26.0 Å². The Kier molecular flexibility index (Phi) is 5.01. The second-order valence-corrected chi connectivity index (χ2v) is 4.71. The Labute approximate surface area is 104 Å². The van der Waals surface area contributed by atoms with Gasteiger partial charge in [-0.15, -0.1) is 0 Å². The average Bonchev–Trinajstić information content (AvgIpc) is 2.29. The van der Waals surface area contributed by atoms with Gasteiger partial charge in [0.2, 0.25) is 5.91 Å². The minimum Gasteiger partial charge on any atom is -0.384 e. The number of nitrogens with one attached hydrogen (secondary N) is 1. The molecule has 0 aliphatic heterocycles. The van der Waals surface area contributed by atoms with Crippen molar-refractivity contribution in [3.8, 4) is 0 Å². The van der Waals surface area contributed by atoms with Gasteiger partial charge in [0.15, 0.2) is 0 Å². The third-order valence-corrected chi connectivity index (χ3v) is 2.74. The van der Waals surface area contributed by atoms with Crippen LogP contribution in [0.5, 0.6) is 0 Å². The van der Waals surface area contributed by atoms with Crippen LogP contribution >= 0.6 is 0 Å². The minimum absolute atomic E-state index is 0.152. The molecule has 0 spiro atoms. The van der Waals surface area contributed by atoms with Crippen LogP contribution in [0.1, 0.15) is 31.7 Å². The highest BCUT2D eigenvalue weighted by atomic mass is 16.2. The zero-order chi connectivity index (χ0) is 12.8. The fourth-order valence-corrected chi connectivity index (χ4v) is 1.69. The number of benzene rings is 1. The lowest BCUT2D eigenvalue weighted by atomic mass is 10.0. The molecule has 1 amide bonds. The first-order chi connectivity index (χ1) is 8.02. The zero-order valence-electron chi connectivity index (χ0n) is 11.2. The Morgan fingerprint density at radius 1 is 1.29 bits per heavy atom. The molecule has 0 aliphatic rings. The predicted molar refractivity (Wildman–Crippen MR) is 72.3 cm³/mol. The van der Waals surface area contributed by atoms with Gasteiger partial charge in [-0.05, 0) is 17.5 Å². The van der Waals surface area contributed by atoms with Gasteiger partial charge in [-0.2, -0.15) is 0 Å². The molecule has 1 aromatic rings. The maximum atomic E-state index is 11.4. The second kappa shape index (κ2) is 6.28. The first-order valence-corrected chi connectivity index (χ1v) is 6.05. The molecule has 0 unspecified atom stereocenters. The molecule has 0 radical (unpaired) electrons. The van der Waals surface area contributed by atoms with Crippen LogP contribution < -0.4 is 5.32 Å². The number of para-hydroxylation sites is 1. The van der Waals surface area contributed by atoms with Crippen molar-refractivity contribution < 1.29 is 4.79 Å². The third-order valence-electron chi connectivity index (χ3n) is 2.74. The summed E-state index contributed by atoms with van der Waals surface area (Å²) in [4.78, 5) is 13.1. The van der Waals surface area contributed by atoms with Gasteiger partial charge >= 0.3 is 0 Å². The summed E-state index contributed by atoms with van der Waals surface area (Å²) in [6, 6.07) is 8.25. The summed E-state index contributed by atoms with van der Waals surface area (Å²) >= 11 is 0. The van der Waals surface area contributed by atoms with Gasteiger partial charge in [0.1, 0.15) is 0 Å². The minimum atomic E-state index is 0.152. The molecule has 1 rings (SSSR count). The lowest BCUT2D eigenvalue weighted by Crippen LogP contribution is -2.24. The van der Waals surface area contributed by atoms with Crippen molar-refractivity contribution in [2.45, 2.75) is 26.2 Å².